The molecule has 0 fully saturated rings. The van der Waals surface area contributed by atoms with E-state index in [-0.39, 0.29) is 18.6 Å². The molecule has 1 unspecified atom stereocenters. The lowest BCUT2D eigenvalue weighted by Crippen LogP contribution is -2.22. The maximum absolute atomic E-state index is 12.9. The maximum atomic E-state index is 12.9. The number of rotatable bonds is 10. The van der Waals surface area contributed by atoms with E-state index in [0.29, 0.717) is 33.6 Å². The van der Waals surface area contributed by atoms with Crippen LogP contribution in [-0.4, -0.2) is 48.1 Å². The van der Waals surface area contributed by atoms with Crippen LogP contribution in [0.5, 0.6) is 11.5 Å². The second-order valence-corrected chi connectivity index (χ2v) is 6.58. The molecule has 1 atom stereocenters. The van der Waals surface area contributed by atoms with Gasteiger partial charge in [-0.2, -0.15) is 0 Å². The molecule has 0 saturated heterocycles. The number of carboxylic acid groups (broad SMARTS) is 1. The summed E-state index contributed by atoms with van der Waals surface area (Å²) in [5.41, 5.74) is 1.10. The van der Waals surface area contributed by atoms with E-state index in [1.807, 2.05) is 0 Å². The summed E-state index contributed by atoms with van der Waals surface area (Å²) in [6.45, 7) is 1.36. The Morgan fingerprint density at radius 2 is 1.81 bits per heavy atom. The Morgan fingerprint density at radius 3 is 2.48 bits per heavy atom. The fourth-order valence-corrected chi connectivity index (χ4v) is 2.75. The zero-order chi connectivity index (χ0) is 22.4. The van der Waals surface area contributed by atoms with Gasteiger partial charge in [0.2, 0.25) is 0 Å². The summed E-state index contributed by atoms with van der Waals surface area (Å²) < 4.78 is 21.3. The van der Waals surface area contributed by atoms with Crippen LogP contribution in [0.2, 0.25) is 0 Å². The van der Waals surface area contributed by atoms with Crippen LogP contribution in [0.3, 0.4) is 0 Å². The summed E-state index contributed by atoms with van der Waals surface area (Å²) in [4.78, 5) is 34.3. The van der Waals surface area contributed by atoms with Crippen LogP contribution in [0.25, 0.3) is 22.1 Å². The Hall–Kier alpha value is -3.85. The summed E-state index contributed by atoms with van der Waals surface area (Å²) in [7, 11) is 0. The third kappa shape index (κ3) is 5.61. The topological polar surface area (TPSA) is 135 Å². The molecule has 162 valence electrons. The maximum Gasteiger partial charge on any atom is 0.556 e. The monoisotopic (exact) mass is 429 g/mol. The van der Waals surface area contributed by atoms with Crippen LogP contribution in [0.1, 0.15) is 6.92 Å². The summed E-state index contributed by atoms with van der Waals surface area (Å²) in [5.74, 6) is -1.00. The highest BCUT2D eigenvalue weighted by Crippen LogP contribution is 2.25. The number of carboxylic acids is 1. The van der Waals surface area contributed by atoms with E-state index in [1.165, 1.54) is 13.2 Å². The lowest BCUT2D eigenvalue weighted by molar-refractivity contribution is -0.144. The van der Waals surface area contributed by atoms with Gasteiger partial charge in [0.1, 0.15) is 36.6 Å². The van der Waals surface area contributed by atoms with Crippen molar-refractivity contribution in [2.24, 2.45) is 0 Å². The minimum atomic E-state index is -1.05. The molecule has 2 aromatic carbocycles. The number of aliphatic carboxylic acids is 1. The Kier molecular flexibility index (Phi) is 6.88. The van der Waals surface area contributed by atoms with Crippen molar-refractivity contribution in [3.05, 3.63) is 59.0 Å². The number of fused-ring (bicyclic) bond motifs is 1. The normalized spacial score (nSPS) is 11.8. The van der Waals surface area contributed by atoms with E-state index in [0.717, 1.165) is 0 Å². The number of hydrogen-bond donors (Lipinski definition) is 1. The van der Waals surface area contributed by atoms with Crippen LogP contribution in [0, 0.1) is 0 Å². The standard InChI is InChI=1S/C22H20O9/c1-13(22(26)27)31-15-4-2-14(3-5-15)18-11-30-19-10-16(6-7-17(19)21(18)25)29-9-8-28-12-20(23)24/h2-7,10-11,13H,8-9,12H2,1H3,(H,23,24)(H,26,27)/p+1. The second kappa shape index (κ2) is 9.77. The van der Waals surface area contributed by atoms with Crippen LogP contribution in [-0.2, 0) is 14.3 Å². The van der Waals surface area contributed by atoms with Gasteiger partial charge in [0.25, 0.3) is 6.10 Å². The molecule has 3 rings (SSSR count). The van der Waals surface area contributed by atoms with Crippen LogP contribution in [0.4, 0.5) is 0 Å². The van der Waals surface area contributed by atoms with Crippen molar-refractivity contribution in [3.8, 4) is 22.6 Å². The quantitative estimate of drug-likeness (QED) is 0.382. The fourth-order valence-electron chi connectivity index (χ4n) is 2.75. The number of carbonyl (C=O) groups excluding carboxylic acids is 1. The molecule has 0 aliphatic rings. The molecular weight excluding hydrogens is 408 g/mol. The molecule has 3 N–H and O–H groups in total. The van der Waals surface area contributed by atoms with Crippen molar-refractivity contribution >= 4 is 22.9 Å². The molecule has 1 heterocycles. The molecule has 9 nitrogen and oxygen atoms in total. The molecule has 0 amide bonds. The first-order valence-electron chi connectivity index (χ1n) is 9.35. The molecule has 3 aromatic rings. The molecule has 0 spiro atoms. The first-order chi connectivity index (χ1) is 14.8. The van der Waals surface area contributed by atoms with E-state index >= 15 is 0 Å². The third-order valence-corrected chi connectivity index (χ3v) is 4.32. The molecule has 31 heavy (non-hydrogen) atoms. The molecule has 0 saturated carbocycles. The van der Waals surface area contributed by atoms with Gasteiger partial charge in [-0.3, -0.25) is 4.79 Å². The minimum absolute atomic E-state index is 0.113. The van der Waals surface area contributed by atoms with Crippen molar-refractivity contribution in [2.45, 2.75) is 13.0 Å². The highest BCUT2D eigenvalue weighted by atomic mass is 16.5. The van der Waals surface area contributed by atoms with Crippen molar-refractivity contribution in [3.63, 3.8) is 0 Å². The molecule has 0 radical (unpaired) electrons. The van der Waals surface area contributed by atoms with E-state index in [2.05, 4.69) is 0 Å². The van der Waals surface area contributed by atoms with Crippen molar-refractivity contribution in [1.82, 2.24) is 0 Å². The molecule has 0 bridgehead atoms. The van der Waals surface area contributed by atoms with Gasteiger partial charge in [0, 0.05) is 10.9 Å². The summed E-state index contributed by atoms with van der Waals surface area (Å²) in [6.07, 6.45) is 0.479. The lowest BCUT2D eigenvalue weighted by Gasteiger charge is -2.09. The van der Waals surface area contributed by atoms with E-state index < -0.39 is 24.6 Å². The Balaban J connectivity index is 1.73. The number of hydrogen-bond acceptors (Lipinski definition) is 7. The Morgan fingerprint density at radius 1 is 1.10 bits per heavy atom. The third-order valence-electron chi connectivity index (χ3n) is 4.32. The Labute approximate surface area is 176 Å². The first-order valence-corrected chi connectivity index (χ1v) is 9.35. The second-order valence-electron chi connectivity index (χ2n) is 6.58. The van der Waals surface area contributed by atoms with E-state index in [4.69, 9.17) is 28.8 Å². The Bertz CT molecular complexity index is 1130. The van der Waals surface area contributed by atoms with Gasteiger partial charge in [0.15, 0.2) is 5.43 Å². The van der Waals surface area contributed by atoms with E-state index in [9.17, 15) is 14.4 Å². The molecule has 9 heteroatoms. The van der Waals surface area contributed by atoms with Crippen LogP contribution >= 0.6 is 0 Å². The highest BCUT2D eigenvalue weighted by Gasteiger charge is 2.20. The summed E-state index contributed by atoms with van der Waals surface area (Å²) in [6, 6.07) is 11.4. The predicted octanol–water partition coefficient (Wildman–Crippen LogP) is 1.96. The average Bonchev–Trinajstić information content (AvgIpc) is 2.74. The van der Waals surface area contributed by atoms with Gasteiger partial charge < -0.3 is 28.8 Å². The number of benzene rings is 2. The minimum Gasteiger partial charge on any atom is -0.562 e. The van der Waals surface area contributed by atoms with Crippen LogP contribution < -0.4 is 14.9 Å². The number of ether oxygens (including phenoxy) is 3. The molecule has 0 aliphatic heterocycles. The zero-order valence-corrected chi connectivity index (χ0v) is 16.6. The first kappa shape index (κ1) is 21.8. The molecule has 1 aromatic heterocycles. The molecule has 0 aliphatic carbocycles. The van der Waals surface area contributed by atoms with Gasteiger partial charge in [-0.15, -0.1) is 0 Å². The van der Waals surface area contributed by atoms with Gasteiger partial charge in [-0.1, -0.05) is 12.1 Å². The summed E-state index contributed by atoms with van der Waals surface area (Å²) in [5, 5.41) is 15.9. The van der Waals surface area contributed by atoms with Crippen LogP contribution in [0.15, 0.2) is 57.9 Å². The van der Waals surface area contributed by atoms with Crippen molar-refractivity contribution in [2.75, 3.05) is 19.8 Å². The largest absolute Gasteiger partial charge is 0.562 e. The predicted molar refractivity (Wildman–Crippen MR) is 111 cm³/mol. The zero-order valence-electron chi connectivity index (χ0n) is 16.6. The van der Waals surface area contributed by atoms with Gasteiger partial charge >= 0.3 is 11.9 Å². The number of carbonyl (C=O) groups is 2. The lowest BCUT2D eigenvalue weighted by atomic mass is 10.1. The SMILES string of the molecule is CC(Oc1ccc(-c2coc3cc(OCCOCC(=O)O)ccc3c2=O)cc1)C(=O)[OH2+]. The summed E-state index contributed by atoms with van der Waals surface area (Å²) >= 11 is 0. The molecular formula is C22H21O9+. The average molecular weight is 429 g/mol. The van der Waals surface area contributed by atoms with E-state index in [1.54, 1.807) is 42.5 Å². The van der Waals surface area contributed by atoms with Gasteiger partial charge in [0.05, 0.1) is 17.6 Å². The smallest absolute Gasteiger partial charge is 0.556 e. The van der Waals surface area contributed by atoms with Crippen molar-refractivity contribution in [1.29, 1.82) is 0 Å². The van der Waals surface area contributed by atoms with Gasteiger partial charge in [-0.05, 0) is 36.8 Å². The fraction of sp³-hybridized carbons (Fsp3) is 0.227. The van der Waals surface area contributed by atoms with Crippen molar-refractivity contribution < 1.29 is 38.4 Å². The van der Waals surface area contributed by atoms with Gasteiger partial charge in [-0.25, -0.2) is 4.79 Å². The highest BCUT2D eigenvalue weighted by molar-refractivity contribution is 5.82.